The second-order valence-electron chi connectivity index (χ2n) is 6.19. The van der Waals surface area contributed by atoms with Crippen LogP contribution in [0.15, 0.2) is 48.8 Å². The average Bonchev–Trinajstić information content (AvgIpc) is 3.33. The fourth-order valence-electron chi connectivity index (χ4n) is 3.35. The standard InChI is InChI=1S/C19H19N5O/c1-13-22-15(12-16(23-13)18-20-9-10-21-18)17-8-5-11-24(17)19(25)14-6-3-2-4-7-14/h2-4,6-7,9-10,12,17H,5,8,11H2,1H3,(H,20,21)/t17-/m0/s1. The number of aromatic nitrogens is 4. The fraction of sp³-hybridized carbons (Fsp3) is 0.263. The van der Waals surface area contributed by atoms with Crippen LogP contribution >= 0.6 is 0 Å². The number of nitrogens with zero attached hydrogens (tertiary/aromatic N) is 4. The van der Waals surface area contributed by atoms with Crippen LogP contribution in [0.4, 0.5) is 0 Å². The van der Waals surface area contributed by atoms with Gasteiger partial charge in [-0.25, -0.2) is 15.0 Å². The minimum atomic E-state index is -0.0249. The van der Waals surface area contributed by atoms with Gasteiger partial charge in [0.2, 0.25) is 0 Å². The van der Waals surface area contributed by atoms with Crippen molar-refractivity contribution in [1.29, 1.82) is 0 Å². The van der Waals surface area contributed by atoms with Crippen molar-refractivity contribution in [3.05, 3.63) is 65.9 Å². The van der Waals surface area contributed by atoms with Crippen molar-refractivity contribution < 1.29 is 4.79 Å². The third-order valence-electron chi connectivity index (χ3n) is 4.47. The number of benzene rings is 1. The largest absolute Gasteiger partial charge is 0.343 e. The van der Waals surface area contributed by atoms with E-state index in [1.807, 2.05) is 48.2 Å². The second-order valence-corrected chi connectivity index (χ2v) is 6.19. The molecular weight excluding hydrogens is 314 g/mol. The van der Waals surface area contributed by atoms with Crippen LogP contribution < -0.4 is 0 Å². The van der Waals surface area contributed by atoms with Gasteiger partial charge in [-0.2, -0.15) is 0 Å². The van der Waals surface area contributed by atoms with Gasteiger partial charge in [-0.1, -0.05) is 18.2 Å². The zero-order valence-corrected chi connectivity index (χ0v) is 14.0. The molecule has 1 saturated heterocycles. The third kappa shape index (κ3) is 3.03. The number of amides is 1. The van der Waals surface area contributed by atoms with Gasteiger partial charge in [0, 0.05) is 24.5 Å². The van der Waals surface area contributed by atoms with Crippen LogP contribution in [0.5, 0.6) is 0 Å². The molecule has 126 valence electrons. The molecule has 0 radical (unpaired) electrons. The molecule has 1 fully saturated rings. The molecule has 3 heterocycles. The number of hydrogen-bond donors (Lipinski definition) is 1. The molecule has 2 aromatic heterocycles. The van der Waals surface area contributed by atoms with Crippen LogP contribution in [0.1, 0.15) is 40.8 Å². The number of hydrogen-bond acceptors (Lipinski definition) is 4. The van der Waals surface area contributed by atoms with Crippen molar-refractivity contribution >= 4 is 5.91 Å². The monoisotopic (exact) mass is 333 g/mol. The van der Waals surface area contributed by atoms with Gasteiger partial charge in [0.15, 0.2) is 5.82 Å². The topological polar surface area (TPSA) is 74.8 Å². The van der Waals surface area contributed by atoms with Crippen LogP contribution in [0.3, 0.4) is 0 Å². The molecule has 1 amide bonds. The molecule has 1 aromatic carbocycles. The first-order valence-corrected chi connectivity index (χ1v) is 8.44. The Labute approximate surface area is 146 Å². The fourth-order valence-corrected chi connectivity index (χ4v) is 3.35. The highest BCUT2D eigenvalue weighted by Crippen LogP contribution is 2.33. The van der Waals surface area contributed by atoms with Crippen molar-refractivity contribution in [2.24, 2.45) is 0 Å². The number of likely N-dealkylation sites (tertiary alicyclic amines) is 1. The SMILES string of the molecule is Cc1nc(-c2ncc[nH]2)cc([C@@H]2CCCN2C(=O)c2ccccc2)n1. The van der Waals surface area contributed by atoms with E-state index >= 15 is 0 Å². The molecule has 1 aliphatic rings. The van der Waals surface area contributed by atoms with Gasteiger partial charge < -0.3 is 9.88 Å². The molecule has 1 aliphatic heterocycles. The third-order valence-corrected chi connectivity index (χ3v) is 4.47. The molecule has 3 aromatic rings. The Kier molecular flexibility index (Phi) is 4.01. The first-order chi connectivity index (χ1) is 12.2. The quantitative estimate of drug-likeness (QED) is 0.799. The molecule has 6 heteroatoms. The molecular formula is C19H19N5O. The number of H-pyrrole nitrogens is 1. The number of carbonyl (C=O) groups is 1. The van der Waals surface area contributed by atoms with Gasteiger partial charge in [0.1, 0.15) is 11.5 Å². The molecule has 0 saturated carbocycles. The Bertz CT molecular complexity index is 876. The Morgan fingerprint density at radius 2 is 2.08 bits per heavy atom. The summed E-state index contributed by atoms with van der Waals surface area (Å²) in [6.07, 6.45) is 5.36. The lowest BCUT2D eigenvalue weighted by molar-refractivity contribution is 0.0732. The predicted octanol–water partition coefficient (Wildman–Crippen LogP) is 3.15. The molecule has 0 aliphatic carbocycles. The Morgan fingerprint density at radius 1 is 1.24 bits per heavy atom. The van der Waals surface area contributed by atoms with Crippen LogP contribution in [-0.4, -0.2) is 37.3 Å². The van der Waals surface area contributed by atoms with E-state index in [0.717, 1.165) is 30.8 Å². The highest BCUT2D eigenvalue weighted by atomic mass is 16.2. The first-order valence-electron chi connectivity index (χ1n) is 8.44. The van der Waals surface area contributed by atoms with Crippen LogP contribution in [0.2, 0.25) is 0 Å². The molecule has 1 atom stereocenters. The second kappa shape index (κ2) is 6.47. The summed E-state index contributed by atoms with van der Waals surface area (Å²) >= 11 is 0. The maximum Gasteiger partial charge on any atom is 0.254 e. The van der Waals surface area contributed by atoms with Crippen molar-refractivity contribution in [3.8, 4) is 11.5 Å². The molecule has 0 bridgehead atoms. The summed E-state index contributed by atoms with van der Waals surface area (Å²) in [5, 5.41) is 0. The Balaban J connectivity index is 1.68. The highest BCUT2D eigenvalue weighted by molar-refractivity contribution is 5.94. The van der Waals surface area contributed by atoms with Crippen LogP contribution in [0, 0.1) is 6.92 Å². The summed E-state index contributed by atoms with van der Waals surface area (Å²) in [5.41, 5.74) is 2.35. The van der Waals surface area contributed by atoms with Gasteiger partial charge in [-0.05, 0) is 38.0 Å². The molecule has 0 spiro atoms. The van der Waals surface area contributed by atoms with E-state index in [2.05, 4.69) is 19.9 Å². The lowest BCUT2D eigenvalue weighted by Crippen LogP contribution is -2.31. The van der Waals surface area contributed by atoms with Gasteiger partial charge in [-0.3, -0.25) is 4.79 Å². The zero-order chi connectivity index (χ0) is 17.2. The normalized spacial score (nSPS) is 17.0. The zero-order valence-electron chi connectivity index (χ0n) is 14.0. The number of aromatic amines is 1. The van der Waals surface area contributed by atoms with Gasteiger partial charge in [0.05, 0.1) is 11.7 Å². The van der Waals surface area contributed by atoms with E-state index in [0.29, 0.717) is 17.2 Å². The van der Waals surface area contributed by atoms with Crippen molar-refractivity contribution in [1.82, 2.24) is 24.8 Å². The number of nitrogens with one attached hydrogen (secondary N) is 1. The van der Waals surface area contributed by atoms with E-state index in [-0.39, 0.29) is 11.9 Å². The van der Waals surface area contributed by atoms with Gasteiger partial charge in [-0.15, -0.1) is 0 Å². The summed E-state index contributed by atoms with van der Waals surface area (Å²) in [6, 6.07) is 11.3. The number of aryl methyl sites for hydroxylation is 1. The summed E-state index contributed by atoms with van der Waals surface area (Å²) in [5.74, 6) is 1.45. The van der Waals surface area contributed by atoms with E-state index in [1.54, 1.807) is 12.4 Å². The number of rotatable bonds is 3. The Morgan fingerprint density at radius 3 is 2.84 bits per heavy atom. The minimum Gasteiger partial charge on any atom is -0.343 e. The molecule has 25 heavy (non-hydrogen) atoms. The molecule has 6 nitrogen and oxygen atoms in total. The van der Waals surface area contributed by atoms with Crippen molar-refractivity contribution in [3.63, 3.8) is 0 Å². The number of carbonyl (C=O) groups excluding carboxylic acids is 1. The van der Waals surface area contributed by atoms with Crippen molar-refractivity contribution in [2.45, 2.75) is 25.8 Å². The number of imidazole rings is 1. The van der Waals surface area contributed by atoms with E-state index in [4.69, 9.17) is 0 Å². The Hall–Kier alpha value is -3.02. The van der Waals surface area contributed by atoms with E-state index in [9.17, 15) is 4.79 Å². The minimum absolute atomic E-state index is 0.0249. The summed E-state index contributed by atoms with van der Waals surface area (Å²) < 4.78 is 0. The van der Waals surface area contributed by atoms with Crippen LogP contribution in [-0.2, 0) is 0 Å². The molecule has 0 unspecified atom stereocenters. The smallest absolute Gasteiger partial charge is 0.254 e. The van der Waals surface area contributed by atoms with Gasteiger partial charge in [0.25, 0.3) is 5.91 Å². The summed E-state index contributed by atoms with van der Waals surface area (Å²) in [4.78, 5) is 31.2. The van der Waals surface area contributed by atoms with Crippen LogP contribution in [0.25, 0.3) is 11.5 Å². The maximum atomic E-state index is 12.9. The molecule has 1 N–H and O–H groups in total. The highest BCUT2D eigenvalue weighted by Gasteiger charge is 2.32. The lowest BCUT2D eigenvalue weighted by atomic mass is 10.1. The van der Waals surface area contributed by atoms with E-state index in [1.165, 1.54) is 0 Å². The summed E-state index contributed by atoms with van der Waals surface area (Å²) in [6.45, 7) is 2.62. The summed E-state index contributed by atoms with van der Waals surface area (Å²) in [7, 11) is 0. The lowest BCUT2D eigenvalue weighted by Gasteiger charge is -2.25. The molecule has 4 rings (SSSR count). The average molecular weight is 333 g/mol. The van der Waals surface area contributed by atoms with Crippen molar-refractivity contribution in [2.75, 3.05) is 6.54 Å². The predicted molar refractivity (Wildman–Crippen MR) is 93.8 cm³/mol. The maximum absolute atomic E-state index is 12.9. The van der Waals surface area contributed by atoms with E-state index < -0.39 is 0 Å². The first kappa shape index (κ1) is 15.5. The van der Waals surface area contributed by atoms with Gasteiger partial charge >= 0.3 is 0 Å².